The van der Waals surface area contributed by atoms with Crippen LogP contribution in [0.15, 0.2) is 36.4 Å². The van der Waals surface area contributed by atoms with Crippen molar-refractivity contribution in [1.29, 1.82) is 0 Å². The third-order valence-electron chi connectivity index (χ3n) is 2.92. The summed E-state index contributed by atoms with van der Waals surface area (Å²) in [5.74, 6) is 1.56. The van der Waals surface area contributed by atoms with Crippen LogP contribution in [0.5, 0.6) is 11.5 Å². The second kappa shape index (κ2) is 7.75. The van der Waals surface area contributed by atoms with Crippen LogP contribution in [0, 0.1) is 3.57 Å². The Hall–Kier alpha value is -1.14. The molecule has 112 valence electrons. The van der Waals surface area contributed by atoms with Crippen molar-refractivity contribution in [2.45, 2.75) is 13.5 Å². The predicted octanol–water partition coefficient (Wildman–Crippen LogP) is 4.96. The largest absolute Gasteiger partial charge is 0.493 e. The molecule has 0 bridgehead atoms. The molecule has 0 aliphatic heterocycles. The van der Waals surface area contributed by atoms with Gasteiger partial charge in [0.1, 0.15) is 0 Å². The minimum absolute atomic E-state index is 0.620. The number of hydrogen-bond donors (Lipinski definition) is 1. The molecule has 2 aromatic rings. The fraction of sp³-hybridized carbons (Fsp3) is 0.250. The minimum atomic E-state index is 0.620. The summed E-state index contributed by atoms with van der Waals surface area (Å²) < 4.78 is 12.1. The fourth-order valence-corrected chi connectivity index (χ4v) is 2.88. The molecule has 0 aliphatic rings. The number of ether oxygens (including phenoxy) is 2. The van der Waals surface area contributed by atoms with E-state index in [1.54, 1.807) is 7.11 Å². The molecule has 3 nitrogen and oxygen atoms in total. The summed E-state index contributed by atoms with van der Waals surface area (Å²) >= 11 is 8.14. The fourth-order valence-electron chi connectivity index (χ4n) is 1.93. The molecular weight excluding hydrogens is 401 g/mol. The molecule has 0 aromatic heterocycles. The quantitative estimate of drug-likeness (QED) is 0.674. The third-order valence-corrected chi connectivity index (χ3v) is 3.97. The maximum absolute atomic E-state index is 5.88. The Morgan fingerprint density at radius 1 is 1.19 bits per heavy atom. The normalized spacial score (nSPS) is 10.3. The van der Waals surface area contributed by atoms with Crippen LogP contribution in [-0.2, 0) is 6.54 Å². The zero-order valence-corrected chi connectivity index (χ0v) is 14.9. The number of anilines is 1. The lowest BCUT2D eigenvalue weighted by Gasteiger charge is -2.14. The number of hydrogen-bond acceptors (Lipinski definition) is 3. The highest BCUT2D eigenvalue weighted by Crippen LogP contribution is 2.34. The van der Waals surface area contributed by atoms with Crippen LogP contribution in [0.2, 0.25) is 5.02 Å². The van der Waals surface area contributed by atoms with Crippen LogP contribution in [0.3, 0.4) is 0 Å². The van der Waals surface area contributed by atoms with Gasteiger partial charge in [0.15, 0.2) is 11.5 Å². The molecule has 0 aliphatic carbocycles. The van der Waals surface area contributed by atoms with E-state index in [-0.39, 0.29) is 0 Å². The first-order valence-corrected chi connectivity index (χ1v) is 8.08. The number of nitrogens with one attached hydrogen (secondary N) is 1. The maximum Gasteiger partial charge on any atom is 0.174 e. The number of benzene rings is 2. The molecule has 0 saturated heterocycles. The van der Waals surface area contributed by atoms with E-state index in [2.05, 4.69) is 34.0 Å². The van der Waals surface area contributed by atoms with E-state index < -0.39 is 0 Å². The summed E-state index contributed by atoms with van der Waals surface area (Å²) in [5, 5.41) is 4.09. The van der Waals surface area contributed by atoms with Gasteiger partial charge in [0.25, 0.3) is 0 Å². The Morgan fingerprint density at radius 3 is 2.52 bits per heavy atom. The van der Waals surface area contributed by atoms with Gasteiger partial charge in [-0.3, -0.25) is 0 Å². The van der Waals surface area contributed by atoms with E-state index in [1.165, 1.54) is 0 Å². The van der Waals surface area contributed by atoms with Crippen molar-refractivity contribution in [2.24, 2.45) is 0 Å². The summed E-state index contributed by atoms with van der Waals surface area (Å²) in [6, 6.07) is 11.7. The average molecular weight is 418 g/mol. The van der Waals surface area contributed by atoms with Gasteiger partial charge in [0.05, 0.1) is 17.3 Å². The van der Waals surface area contributed by atoms with Gasteiger partial charge in [0.2, 0.25) is 0 Å². The molecule has 2 rings (SSSR count). The topological polar surface area (TPSA) is 30.5 Å². The second-order valence-corrected chi connectivity index (χ2v) is 6.00. The Morgan fingerprint density at radius 2 is 1.90 bits per heavy atom. The molecule has 1 N–H and O–H groups in total. The van der Waals surface area contributed by atoms with Gasteiger partial charge in [0, 0.05) is 17.3 Å². The predicted molar refractivity (Wildman–Crippen MR) is 95.7 cm³/mol. The first-order chi connectivity index (χ1) is 10.1. The summed E-state index contributed by atoms with van der Waals surface area (Å²) in [4.78, 5) is 0. The van der Waals surface area contributed by atoms with Gasteiger partial charge in [-0.2, -0.15) is 0 Å². The molecule has 0 saturated carbocycles. The Balaban J connectivity index is 2.13. The zero-order valence-electron chi connectivity index (χ0n) is 12.0. The molecular formula is C16H17ClINO2. The Bertz CT molecular complexity index is 602. The molecule has 0 atom stereocenters. The zero-order chi connectivity index (χ0) is 15.2. The first kappa shape index (κ1) is 16.2. The van der Waals surface area contributed by atoms with E-state index in [1.807, 2.05) is 37.3 Å². The molecule has 0 fully saturated rings. The van der Waals surface area contributed by atoms with E-state index in [0.29, 0.717) is 13.2 Å². The smallest absolute Gasteiger partial charge is 0.174 e. The highest BCUT2D eigenvalue weighted by molar-refractivity contribution is 14.1. The lowest BCUT2D eigenvalue weighted by molar-refractivity contribution is 0.308. The maximum atomic E-state index is 5.88. The van der Waals surface area contributed by atoms with Crippen molar-refractivity contribution >= 4 is 39.9 Å². The van der Waals surface area contributed by atoms with Gasteiger partial charge >= 0.3 is 0 Å². The molecule has 21 heavy (non-hydrogen) atoms. The molecule has 0 radical (unpaired) electrons. The summed E-state index contributed by atoms with van der Waals surface area (Å²) in [5.41, 5.74) is 2.16. The summed E-state index contributed by atoms with van der Waals surface area (Å²) in [7, 11) is 1.66. The third kappa shape index (κ3) is 4.41. The van der Waals surface area contributed by atoms with Gasteiger partial charge in [-0.1, -0.05) is 11.6 Å². The first-order valence-electron chi connectivity index (χ1n) is 6.62. The number of rotatable bonds is 6. The van der Waals surface area contributed by atoms with Gasteiger partial charge < -0.3 is 14.8 Å². The second-order valence-electron chi connectivity index (χ2n) is 4.40. The van der Waals surface area contributed by atoms with Gasteiger partial charge in [-0.25, -0.2) is 0 Å². The highest BCUT2D eigenvalue weighted by atomic mass is 127. The van der Waals surface area contributed by atoms with Gasteiger partial charge in [-0.05, 0) is 71.5 Å². The Labute approximate surface area is 143 Å². The van der Waals surface area contributed by atoms with Crippen LogP contribution in [0.1, 0.15) is 12.5 Å². The van der Waals surface area contributed by atoms with Crippen LogP contribution in [-0.4, -0.2) is 13.7 Å². The van der Waals surface area contributed by atoms with Crippen LogP contribution >= 0.6 is 34.2 Å². The number of halogens is 2. The molecule has 2 aromatic carbocycles. The van der Waals surface area contributed by atoms with Crippen LogP contribution < -0.4 is 14.8 Å². The lowest BCUT2D eigenvalue weighted by atomic mass is 10.2. The van der Waals surface area contributed by atoms with Gasteiger partial charge in [-0.15, -0.1) is 0 Å². The van der Waals surface area contributed by atoms with E-state index in [9.17, 15) is 0 Å². The van der Waals surface area contributed by atoms with E-state index in [4.69, 9.17) is 21.1 Å². The van der Waals surface area contributed by atoms with Crippen molar-refractivity contribution in [1.82, 2.24) is 0 Å². The summed E-state index contributed by atoms with van der Waals surface area (Å²) in [6.07, 6.45) is 0. The van der Waals surface area contributed by atoms with E-state index in [0.717, 1.165) is 31.3 Å². The van der Waals surface area contributed by atoms with E-state index >= 15 is 0 Å². The minimum Gasteiger partial charge on any atom is -0.493 e. The van der Waals surface area contributed by atoms with Crippen molar-refractivity contribution in [2.75, 3.05) is 19.0 Å². The Kier molecular flexibility index (Phi) is 5.99. The highest BCUT2D eigenvalue weighted by Gasteiger charge is 2.11. The standard InChI is InChI=1S/C16H17ClINO2/c1-3-21-16-14(18)8-11(9-15(16)20-2)10-19-13-6-4-12(17)5-7-13/h4-9,19H,3,10H2,1-2H3. The number of methoxy groups -OCH3 is 1. The monoisotopic (exact) mass is 417 g/mol. The molecule has 0 heterocycles. The molecule has 0 amide bonds. The van der Waals surface area contributed by atoms with Crippen LogP contribution in [0.25, 0.3) is 0 Å². The molecule has 0 spiro atoms. The van der Waals surface area contributed by atoms with Crippen molar-refractivity contribution in [3.63, 3.8) is 0 Å². The van der Waals surface area contributed by atoms with Crippen molar-refractivity contribution < 1.29 is 9.47 Å². The summed E-state index contributed by atoms with van der Waals surface area (Å²) in [6.45, 7) is 3.29. The SMILES string of the molecule is CCOc1c(I)cc(CNc2ccc(Cl)cc2)cc1OC. The van der Waals surface area contributed by atoms with Crippen LogP contribution in [0.4, 0.5) is 5.69 Å². The van der Waals surface area contributed by atoms with Crippen molar-refractivity contribution in [3.8, 4) is 11.5 Å². The molecule has 0 unspecified atom stereocenters. The molecule has 5 heteroatoms. The average Bonchev–Trinajstić information content (AvgIpc) is 2.49. The van der Waals surface area contributed by atoms with Crippen molar-refractivity contribution in [3.05, 3.63) is 50.6 Å². The lowest BCUT2D eigenvalue weighted by Crippen LogP contribution is -2.03.